The highest BCUT2D eigenvalue weighted by molar-refractivity contribution is 6.30. The van der Waals surface area contributed by atoms with Crippen LogP contribution in [0.2, 0.25) is 5.02 Å². The summed E-state index contributed by atoms with van der Waals surface area (Å²) in [4.78, 5) is 25.8. The number of nitrogens with zero attached hydrogens (tertiary/aromatic N) is 1. The van der Waals surface area contributed by atoms with Gasteiger partial charge in [-0.1, -0.05) is 23.7 Å². The fourth-order valence-electron chi connectivity index (χ4n) is 2.96. The molecular weight excluding hydrogens is 354 g/mol. The molecule has 1 heterocycles. The molecule has 1 aromatic carbocycles. The molecule has 0 aliphatic carbocycles. The molecule has 5 nitrogen and oxygen atoms in total. The number of carbonyl (C=O) groups is 2. The fraction of sp³-hybridized carbons (Fsp3) is 0.500. The lowest BCUT2D eigenvalue weighted by Gasteiger charge is -2.34. The van der Waals surface area contributed by atoms with Crippen molar-refractivity contribution in [3.8, 4) is 0 Å². The Kier molecular flexibility index (Phi) is 6.70. The van der Waals surface area contributed by atoms with E-state index in [9.17, 15) is 9.59 Å². The van der Waals surface area contributed by atoms with Gasteiger partial charge >= 0.3 is 12.1 Å². The van der Waals surface area contributed by atoms with Gasteiger partial charge in [-0.2, -0.15) is 0 Å². The number of hydrogen-bond acceptors (Lipinski definition) is 4. The predicted octanol–water partition coefficient (Wildman–Crippen LogP) is 4.54. The molecule has 0 radical (unpaired) electrons. The van der Waals surface area contributed by atoms with Crippen LogP contribution in [0.1, 0.15) is 39.2 Å². The van der Waals surface area contributed by atoms with Crippen LogP contribution in [0, 0.1) is 5.92 Å². The summed E-state index contributed by atoms with van der Waals surface area (Å²) in [7, 11) is 1.36. The zero-order valence-electron chi connectivity index (χ0n) is 15.8. The number of piperidine rings is 1. The van der Waals surface area contributed by atoms with E-state index < -0.39 is 5.60 Å². The smallest absolute Gasteiger partial charge is 0.410 e. The van der Waals surface area contributed by atoms with Crippen LogP contribution in [-0.4, -0.2) is 42.8 Å². The summed E-state index contributed by atoms with van der Waals surface area (Å²) in [5.74, 6) is -0.224. The lowest BCUT2D eigenvalue weighted by atomic mass is 9.85. The maximum absolute atomic E-state index is 12.2. The van der Waals surface area contributed by atoms with E-state index in [4.69, 9.17) is 21.1 Å². The van der Waals surface area contributed by atoms with Crippen LogP contribution in [0.3, 0.4) is 0 Å². The minimum atomic E-state index is -0.507. The average Bonchev–Trinajstić information content (AvgIpc) is 2.59. The number of carbonyl (C=O) groups excluding carboxylic acids is 2. The summed E-state index contributed by atoms with van der Waals surface area (Å²) in [5, 5.41) is 0.644. The van der Waals surface area contributed by atoms with Crippen molar-refractivity contribution in [3.63, 3.8) is 0 Å². The van der Waals surface area contributed by atoms with Crippen molar-refractivity contribution >= 4 is 29.2 Å². The highest BCUT2D eigenvalue weighted by Crippen LogP contribution is 2.33. The maximum Gasteiger partial charge on any atom is 0.410 e. The fourth-order valence-corrected chi connectivity index (χ4v) is 3.09. The van der Waals surface area contributed by atoms with E-state index in [0.29, 0.717) is 18.1 Å². The summed E-state index contributed by atoms with van der Waals surface area (Å²) in [6.07, 6.45) is 2.76. The molecular formula is C20H26ClNO4. The number of hydrogen-bond donors (Lipinski definition) is 0. The van der Waals surface area contributed by atoms with E-state index in [1.54, 1.807) is 17.0 Å². The first-order chi connectivity index (χ1) is 12.2. The number of allylic oxidation sites excluding steroid dienone is 1. The molecule has 0 N–H and O–H groups in total. The molecule has 2 rings (SSSR count). The Balaban J connectivity index is 2.11. The van der Waals surface area contributed by atoms with E-state index >= 15 is 0 Å². The van der Waals surface area contributed by atoms with Crippen LogP contribution < -0.4 is 0 Å². The lowest BCUT2D eigenvalue weighted by Crippen LogP contribution is -2.41. The third-order valence-electron chi connectivity index (χ3n) is 4.24. The van der Waals surface area contributed by atoms with Gasteiger partial charge in [-0.3, -0.25) is 0 Å². The molecule has 6 heteroatoms. The number of esters is 1. The predicted molar refractivity (Wildman–Crippen MR) is 102 cm³/mol. The Bertz CT molecular complexity index is 668. The molecule has 0 bridgehead atoms. The first-order valence-electron chi connectivity index (χ1n) is 8.73. The van der Waals surface area contributed by atoms with Gasteiger partial charge in [0.2, 0.25) is 0 Å². The first kappa shape index (κ1) is 20.3. The molecule has 0 aromatic heterocycles. The Morgan fingerprint density at radius 3 is 2.23 bits per heavy atom. The minimum Gasteiger partial charge on any atom is -0.466 e. The van der Waals surface area contributed by atoms with Gasteiger partial charge in [0.1, 0.15) is 5.60 Å². The number of benzene rings is 1. The highest BCUT2D eigenvalue weighted by atomic mass is 35.5. The molecule has 1 aromatic rings. The number of rotatable bonds is 3. The van der Waals surface area contributed by atoms with Gasteiger partial charge < -0.3 is 14.4 Å². The van der Waals surface area contributed by atoms with E-state index in [1.165, 1.54) is 13.2 Å². The molecule has 1 saturated heterocycles. The molecule has 0 spiro atoms. The zero-order chi connectivity index (χ0) is 19.3. The molecule has 1 aliphatic heterocycles. The minimum absolute atomic E-state index is 0.161. The van der Waals surface area contributed by atoms with Gasteiger partial charge in [0, 0.05) is 24.2 Å². The van der Waals surface area contributed by atoms with Gasteiger partial charge in [-0.15, -0.1) is 0 Å². The van der Waals surface area contributed by atoms with Gasteiger partial charge in [-0.25, -0.2) is 9.59 Å². The van der Waals surface area contributed by atoms with E-state index in [1.807, 2.05) is 32.9 Å². The summed E-state index contributed by atoms with van der Waals surface area (Å²) in [6.45, 7) is 6.75. The molecule has 1 amide bonds. The van der Waals surface area contributed by atoms with Crippen molar-refractivity contribution in [2.24, 2.45) is 5.92 Å². The van der Waals surface area contributed by atoms with Crippen LogP contribution in [0.5, 0.6) is 0 Å². The molecule has 26 heavy (non-hydrogen) atoms. The Morgan fingerprint density at radius 2 is 1.73 bits per heavy atom. The van der Waals surface area contributed by atoms with Crippen LogP contribution in [0.15, 0.2) is 30.3 Å². The van der Waals surface area contributed by atoms with Crippen molar-refractivity contribution in [3.05, 3.63) is 40.9 Å². The average molecular weight is 380 g/mol. The van der Waals surface area contributed by atoms with Crippen molar-refractivity contribution in [1.29, 1.82) is 0 Å². The molecule has 0 unspecified atom stereocenters. The quantitative estimate of drug-likeness (QED) is 0.571. The Hall–Kier alpha value is -2.01. The Labute approximate surface area is 159 Å². The van der Waals surface area contributed by atoms with Crippen LogP contribution >= 0.6 is 11.6 Å². The standard InChI is InChI=1S/C20H26ClNO4/c1-20(2,3)26-19(24)22-11-9-15(10-12-22)17(13-18(23)25-4)14-5-7-16(21)8-6-14/h5-8,13,15H,9-12H2,1-4H3/b17-13-. The SMILES string of the molecule is COC(=O)/C=C(/c1ccc(Cl)cc1)C1CCN(C(=O)OC(C)(C)C)CC1. The van der Waals surface area contributed by atoms with Crippen molar-refractivity contribution in [1.82, 2.24) is 4.90 Å². The highest BCUT2D eigenvalue weighted by Gasteiger charge is 2.29. The largest absolute Gasteiger partial charge is 0.466 e. The third-order valence-corrected chi connectivity index (χ3v) is 4.49. The van der Waals surface area contributed by atoms with E-state index in [-0.39, 0.29) is 18.0 Å². The van der Waals surface area contributed by atoms with Gasteiger partial charge in [0.25, 0.3) is 0 Å². The Morgan fingerprint density at radius 1 is 1.15 bits per heavy atom. The number of halogens is 1. The van der Waals surface area contributed by atoms with Crippen LogP contribution in [-0.2, 0) is 14.3 Å². The van der Waals surface area contributed by atoms with Crippen LogP contribution in [0.4, 0.5) is 4.79 Å². The topological polar surface area (TPSA) is 55.8 Å². The van der Waals surface area contributed by atoms with Crippen molar-refractivity contribution < 1.29 is 19.1 Å². The monoisotopic (exact) mass is 379 g/mol. The van der Waals surface area contributed by atoms with Crippen molar-refractivity contribution in [2.75, 3.05) is 20.2 Å². The first-order valence-corrected chi connectivity index (χ1v) is 9.11. The number of methoxy groups -OCH3 is 1. The van der Waals surface area contributed by atoms with Crippen LogP contribution in [0.25, 0.3) is 5.57 Å². The van der Waals surface area contributed by atoms with E-state index in [2.05, 4.69) is 0 Å². The summed E-state index contributed by atoms with van der Waals surface area (Å²) < 4.78 is 10.2. The number of likely N-dealkylation sites (tertiary alicyclic amines) is 1. The lowest BCUT2D eigenvalue weighted by molar-refractivity contribution is -0.134. The van der Waals surface area contributed by atoms with E-state index in [0.717, 1.165) is 24.0 Å². The zero-order valence-corrected chi connectivity index (χ0v) is 16.5. The molecule has 0 atom stereocenters. The van der Waals surface area contributed by atoms with Gasteiger partial charge in [0.05, 0.1) is 7.11 Å². The molecule has 1 fully saturated rings. The maximum atomic E-state index is 12.2. The molecule has 0 saturated carbocycles. The summed E-state index contributed by atoms with van der Waals surface area (Å²) in [5.41, 5.74) is 1.35. The summed E-state index contributed by atoms with van der Waals surface area (Å²) >= 11 is 5.97. The second-order valence-corrected chi connectivity index (χ2v) is 7.81. The summed E-state index contributed by atoms with van der Waals surface area (Å²) in [6, 6.07) is 7.41. The second kappa shape index (κ2) is 8.58. The molecule has 1 aliphatic rings. The van der Waals surface area contributed by atoms with Gasteiger partial charge in [-0.05, 0) is 62.8 Å². The normalized spacial score (nSPS) is 16.3. The van der Waals surface area contributed by atoms with Gasteiger partial charge in [0.15, 0.2) is 0 Å². The molecule has 142 valence electrons. The third kappa shape index (κ3) is 5.77. The van der Waals surface area contributed by atoms with Crippen molar-refractivity contribution in [2.45, 2.75) is 39.2 Å². The number of amides is 1. The number of ether oxygens (including phenoxy) is 2. The second-order valence-electron chi connectivity index (χ2n) is 7.37.